The molecule has 64 valence electrons. The van der Waals surface area contributed by atoms with E-state index in [4.69, 9.17) is 10.8 Å². The minimum absolute atomic E-state index is 0.0775. The van der Waals surface area contributed by atoms with Crippen LogP contribution in [0.2, 0.25) is 0 Å². The van der Waals surface area contributed by atoms with Crippen molar-refractivity contribution >= 4 is 11.7 Å². The molecular formula is C8H10N2O2. The highest BCUT2D eigenvalue weighted by Gasteiger charge is 2.02. The second kappa shape index (κ2) is 3.21. The summed E-state index contributed by atoms with van der Waals surface area (Å²) in [6.07, 6.45) is -0.0775. The third-order valence-electron chi connectivity index (χ3n) is 1.36. The van der Waals surface area contributed by atoms with Crippen LogP contribution in [0.1, 0.15) is 11.4 Å². The van der Waals surface area contributed by atoms with Gasteiger partial charge in [-0.25, -0.2) is 0 Å². The molecule has 0 aromatic carbocycles. The van der Waals surface area contributed by atoms with E-state index >= 15 is 0 Å². The summed E-state index contributed by atoms with van der Waals surface area (Å²) in [6.45, 7) is 1.78. The van der Waals surface area contributed by atoms with Crippen LogP contribution in [0.15, 0.2) is 12.1 Å². The number of hydrogen-bond donors (Lipinski definition) is 2. The average molecular weight is 166 g/mol. The summed E-state index contributed by atoms with van der Waals surface area (Å²) in [7, 11) is 0. The molecule has 3 N–H and O–H groups in total. The highest BCUT2D eigenvalue weighted by atomic mass is 16.4. The first-order valence-electron chi connectivity index (χ1n) is 3.53. The van der Waals surface area contributed by atoms with Gasteiger partial charge in [-0.2, -0.15) is 0 Å². The van der Waals surface area contributed by atoms with Gasteiger partial charge in [-0.15, -0.1) is 0 Å². The minimum atomic E-state index is -0.896. The summed E-state index contributed by atoms with van der Waals surface area (Å²) in [5.74, 6) is -0.896. The van der Waals surface area contributed by atoms with E-state index in [1.54, 1.807) is 19.1 Å². The molecule has 1 aromatic rings. The second-order valence-corrected chi connectivity index (χ2v) is 2.60. The van der Waals surface area contributed by atoms with Gasteiger partial charge in [0, 0.05) is 11.4 Å². The van der Waals surface area contributed by atoms with E-state index in [9.17, 15) is 4.79 Å². The van der Waals surface area contributed by atoms with E-state index in [1.807, 2.05) is 0 Å². The average Bonchev–Trinajstić information content (AvgIpc) is 1.81. The van der Waals surface area contributed by atoms with Crippen LogP contribution in [0.3, 0.4) is 0 Å². The largest absolute Gasteiger partial charge is 0.481 e. The highest BCUT2D eigenvalue weighted by molar-refractivity contribution is 5.70. The van der Waals surface area contributed by atoms with Gasteiger partial charge < -0.3 is 10.8 Å². The molecule has 0 atom stereocenters. The maximum absolute atomic E-state index is 10.3. The number of nitrogen functional groups attached to an aromatic ring is 1. The summed E-state index contributed by atoms with van der Waals surface area (Å²) in [6, 6.07) is 3.27. The zero-order valence-corrected chi connectivity index (χ0v) is 6.74. The van der Waals surface area contributed by atoms with E-state index in [-0.39, 0.29) is 6.42 Å². The second-order valence-electron chi connectivity index (χ2n) is 2.60. The molecule has 0 saturated carbocycles. The Balaban J connectivity index is 2.93. The minimum Gasteiger partial charge on any atom is -0.481 e. The van der Waals surface area contributed by atoms with Crippen molar-refractivity contribution in [1.29, 1.82) is 0 Å². The zero-order chi connectivity index (χ0) is 9.14. The Morgan fingerprint density at radius 2 is 2.33 bits per heavy atom. The SMILES string of the molecule is Cc1cc(N)cc(CC(=O)O)n1. The maximum Gasteiger partial charge on any atom is 0.309 e. The number of carboxylic acid groups (broad SMARTS) is 1. The van der Waals surface area contributed by atoms with Crippen molar-refractivity contribution in [3.63, 3.8) is 0 Å². The molecule has 0 spiro atoms. The molecule has 1 heterocycles. The molecule has 12 heavy (non-hydrogen) atoms. The van der Waals surface area contributed by atoms with Crippen molar-refractivity contribution in [3.05, 3.63) is 23.5 Å². The van der Waals surface area contributed by atoms with Gasteiger partial charge in [-0.3, -0.25) is 9.78 Å². The lowest BCUT2D eigenvalue weighted by molar-refractivity contribution is -0.136. The molecule has 0 amide bonds. The quantitative estimate of drug-likeness (QED) is 0.674. The molecule has 4 nitrogen and oxygen atoms in total. The normalized spacial score (nSPS) is 9.75. The third kappa shape index (κ3) is 2.23. The van der Waals surface area contributed by atoms with Crippen molar-refractivity contribution in [2.45, 2.75) is 13.3 Å². The molecular weight excluding hydrogens is 156 g/mol. The Bertz CT molecular complexity index is 290. The summed E-state index contributed by atoms with van der Waals surface area (Å²) < 4.78 is 0. The van der Waals surface area contributed by atoms with Crippen LogP contribution in [0.4, 0.5) is 5.69 Å². The van der Waals surface area contributed by atoms with E-state index in [0.717, 1.165) is 5.69 Å². The molecule has 0 aliphatic heterocycles. The molecule has 0 unspecified atom stereocenters. The molecule has 4 heteroatoms. The van der Waals surface area contributed by atoms with Gasteiger partial charge in [-0.05, 0) is 19.1 Å². The van der Waals surface area contributed by atoms with Crippen molar-refractivity contribution < 1.29 is 9.90 Å². The fourth-order valence-electron chi connectivity index (χ4n) is 1.01. The Kier molecular flexibility index (Phi) is 2.28. The topological polar surface area (TPSA) is 76.2 Å². The first kappa shape index (κ1) is 8.52. The first-order chi connectivity index (χ1) is 5.58. The number of carboxylic acids is 1. The summed E-state index contributed by atoms with van der Waals surface area (Å²) in [5, 5.41) is 8.47. The van der Waals surface area contributed by atoms with Gasteiger partial charge in [0.1, 0.15) is 0 Å². The van der Waals surface area contributed by atoms with E-state index in [0.29, 0.717) is 11.4 Å². The number of aryl methyl sites for hydroxylation is 1. The van der Waals surface area contributed by atoms with Crippen molar-refractivity contribution in [3.8, 4) is 0 Å². The monoisotopic (exact) mass is 166 g/mol. The van der Waals surface area contributed by atoms with Gasteiger partial charge in [0.15, 0.2) is 0 Å². The van der Waals surface area contributed by atoms with Gasteiger partial charge in [-0.1, -0.05) is 0 Å². The number of nitrogens with two attached hydrogens (primary N) is 1. The predicted octanol–water partition coefficient (Wildman–Crippen LogP) is 0.599. The molecule has 0 saturated heterocycles. The van der Waals surface area contributed by atoms with Gasteiger partial charge in [0.05, 0.1) is 12.1 Å². The summed E-state index contributed by atoms with van der Waals surface area (Å²) >= 11 is 0. The first-order valence-corrected chi connectivity index (χ1v) is 3.53. The summed E-state index contributed by atoms with van der Waals surface area (Å²) in [4.78, 5) is 14.3. The smallest absolute Gasteiger partial charge is 0.309 e. The highest BCUT2D eigenvalue weighted by Crippen LogP contribution is 2.07. The molecule has 0 bridgehead atoms. The van der Waals surface area contributed by atoms with Crippen LogP contribution < -0.4 is 5.73 Å². The van der Waals surface area contributed by atoms with Crippen LogP contribution in [-0.2, 0) is 11.2 Å². The number of aliphatic carboxylic acids is 1. The molecule has 0 radical (unpaired) electrons. The number of hydrogen-bond acceptors (Lipinski definition) is 3. The molecule has 0 aliphatic carbocycles. The Hall–Kier alpha value is -1.58. The van der Waals surface area contributed by atoms with Crippen LogP contribution in [0.5, 0.6) is 0 Å². The number of pyridine rings is 1. The van der Waals surface area contributed by atoms with Crippen LogP contribution in [0.25, 0.3) is 0 Å². The van der Waals surface area contributed by atoms with Crippen molar-refractivity contribution in [1.82, 2.24) is 4.98 Å². The fraction of sp³-hybridized carbons (Fsp3) is 0.250. The van der Waals surface area contributed by atoms with Crippen molar-refractivity contribution in [2.24, 2.45) is 0 Å². The van der Waals surface area contributed by atoms with Crippen LogP contribution >= 0.6 is 0 Å². The zero-order valence-electron chi connectivity index (χ0n) is 6.74. The third-order valence-corrected chi connectivity index (χ3v) is 1.36. The van der Waals surface area contributed by atoms with Crippen LogP contribution in [0, 0.1) is 6.92 Å². The number of carbonyl (C=O) groups is 1. The number of rotatable bonds is 2. The lowest BCUT2D eigenvalue weighted by Crippen LogP contribution is -2.04. The standard InChI is InChI=1S/C8H10N2O2/c1-5-2-6(9)3-7(10-5)4-8(11)12/h2-3H,4H2,1H3,(H2,9,10)(H,11,12). The predicted molar refractivity (Wildman–Crippen MR) is 44.7 cm³/mol. The Morgan fingerprint density at radius 1 is 1.67 bits per heavy atom. The molecule has 1 rings (SSSR count). The Morgan fingerprint density at radius 3 is 2.83 bits per heavy atom. The van der Waals surface area contributed by atoms with Gasteiger partial charge >= 0.3 is 5.97 Å². The molecule has 0 aliphatic rings. The van der Waals surface area contributed by atoms with Gasteiger partial charge in [0.2, 0.25) is 0 Å². The van der Waals surface area contributed by atoms with E-state index in [1.165, 1.54) is 0 Å². The Labute approximate surface area is 70.0 Å². The lowest BCUT2D eigenvalue weighted by atomic mass is 10.2. The number of aromatic nitrogens is 1. The van der Waals surface area contributed by atoms with Gasteiger partial charge in [0.25, 0.3) is 0 Å². The van der Waals surface area contributed by atoms with Crippen LogP contribution in [-0.4, -0.2) is 16.1 Å². The maximum atomic E-state index is 10.3. The molecule has 0 fully saturated rings. The summed E-state index contributed by atoms with van der Waals surface area (Å²) in [5.41, 5.74) is 7.30. The number of nitrogens with zero attached hydrogens (tertiary/aromatic N) is 1. The van der Waals surface area contributed by atoms with E-state index < -0.39 is 5.97 Å². The number of anilines is 1. The van der Waals surface area contributed by atoms with E-state index in [2.05, 4.69) is 4.98 Å². The van der Waals surface area contributed by atoms with Crippen molar-refractivity contribution in [2.75, 3.05) is 5.73 Å². The fourth-order valence-corrected chi connectivity index (χ4v) is 1.01. The molecule has 1 aromatic heterocycles. The lowest BCUT2D eigenvalue weighted by Gasteiger charge is -2.00.